The van der Waals surface area contributed by atoms with Gasteiger partial charge in [0, 0.05) is 18.8 Å². The van der Waals surface area contributed by atoms with Gasteiger partial charge in [-0.25, -0.2) is 5.48 Å². The third kappa shape index (κ3) is 12.1. The van der Waals surface area contributed by atoms with Crippen LogP contribution in [0.2, 0.25) is 0 Å². The van der Waals surface area contributed by atoms with Crippen molar-refractivity contribution in [2.45, 2.75) is 72.1 Å². The van der Waals surface area contributed by atoms with E-state index in [-0.39, 0.29) is 31.3 Å². The first kappa shape index (κ1) is 31.5. The number of hydroxylamine groups is 1. The lowest BCUT2D eigenvalue weighted by atomic mass is 9.92. The summed E-state index contributed by atoms with van der Waals surface area (Å²) in [5, 5.41) is 5.54. The molecule has 0 saturated carbocycles. The van der Waals surface area contributed by atoms with Gasteiger partial charge in [-0.1, -0.05) is 88.4 Å². The molecule has 0 fully saturated rings. The van der Waals surface area contributed by atoms with Gasteiger partial charge in [0.2, 0.25) is 23.6 Å². The SMILES string of the molecule is CC(C)CC(CC(=O)NOCc1ccccc1)C(=O)N[C@@H](CC(C)C)C(=O)N[C@@H](Cc1ccccc1)C(N)=O. The van der Waals surface area contributed by atoms with Crippen LogP contribution in [0.3, 0.4) is 0 Å². The van der Waals surface area contributed by atoms with E-state index >= 15 is 0 Å². The maximum absolute atomic E-state index is 13.3. The van der Waals surface area contributed by atoms with Crippen LogP contribution in [-0.2, 0) is 37.0 Å². The molecule has 2 aromatic carbocycles. The lowest BCUT2D eigenvalue weighted by Gasteiger charge is -2.26. The lowest BCUT2D eigenvalue weighted by Crippen LogP contribution is -2.54. The monoisotopic (exact) mass is 538 g/mol. The van der Waals surface area contributed by atoms with Gasteiger partial charge in [-0.15, -0.1) is 0 Å². The zero-order chi connectivity index (χ0) is 28.8. The number of primary amides is 1. The molecule has 0 bridgehead atoms. The number of hydrogen-bond donors (Lipinski definition) is 4. The molecule has 0 aliphatic carbocycles. The van der Waals surface area contributed by atoms with Gasteiger partial charge < -0.3 is 16.4 Å². The third-order valence-electron chi connectivity index (χ3n) is 6.11. The van der Waals surface area contributed by atoms with Crippen molar-refractivity contribution in [3.05, 3.63) is 71.8 Å². The fourth-order valence-electron chi connectivity index (χ4n) is 4.23. The number of nitrogens with one attached hydrogen (secondary N) is 3. The van der Waals surface area contributed by atoms with Crippen LogP contribution in [0.25, 0.3) is 0 Å². The summed E-state index contributed by atoms with van der Waals surface area (Å²) in [6, 6.07) is 16.8. The normalized spacial score (nSPS) is 13.4. The number of amides is 4. The van der Waals surface area contributed by atoms with Crippen molar-refractivity contribution in [2.24, 2.45) is 23.5 Å². The molecule has 9 nitrogen and oxygen atoms in total. The first-order chi connectivity index (χ1) is 18.5. The first-order valence-electron chi connectivity index (χ1n) is 13.4. The summed E-state index contributed by atoms with van der Waals surface area (Å²) >= 11 is 0. The molecule has 0 spiro atoms. The van der Waals surface area contributed by atoms with Crippen molar-refractivity contribution in [1.29, 1.82) is 0 Å². The van der Waals surface area contributed by atoms with Crippen LogP contribution in [0.15, 0.2) is 60.7 Å². The van der Waals surface area contributed by atoms with E-state index in [2.05, 4.69) is 16.1 Å². The largest absolute Gasteiger partial charge is 0.368 e. The van der Waals surface area contributed by atoms with E-state index in [4.69, 9.17) is 10.6 Å². The summed E-state index contributed by atoms with van der Waals surface area (Å²) in [6.07, 6.45) is 0.956. The second-order valence-electron chi connectivity index (χ2n) is 10.7. The van der Waals surface area contributed by atoms with Gasteiger partial charge in [-0.2, -0.15) is 0 Å². The molecule has 0 heterocycles. The number of carbonyl (C=O) groups is 4. The molecule has 3 atom stereocenters. The number of carbonyl (C=O) groups excluding carboxylic acids is 4. The van der Waals surface area contributed by atoms with E-state index in [1.807, 2.05) is 88.4 Å². The number of nitrogens with two attached hydrogens (primary N) is 1. The summed E-state index contributed by atoms with van der Waals surface area (Å²) < 4.78 is 0. The minimum atomic E-state index is -0.925. The van der Waals surface area contributed by atoms with Gasteiger partial charge in [0.25, 0.3) is 0 Å². The molecule has 0 aliphatic heterocycles. The number of hydrogen-bond acceptors (Lipinski definition) is 5. The second kappa shape index (κ2) is 16.3. The highest BCUT2D eigenvalue weighted by atomic mass is 16.6. The minimum Gasteiger partial charge on any atom is -0.368 e. The molecule has 9 heteroatoms. The van der Waals surface area contributed by atoms with Crippen molar-refractivity contribution in [3.63, 3.8) is 0 Å². The molecular formula is C30H42N4O5. The average molecular weight is 539 g/mol. The third-order valence-corrected chi connectivity index (χ3v) is 6.11. The summed E-state index contributed by atoms with van der Waals surface area (Å²) in [5.41, 5.74) is 9.74. The van der Waals surface area contributed by atoms with E-state index in [0.717, 1.165) is 11.1 Å². The summed E-state index contributed by atoms with van der Waals surface area (Å²) in [7, 11) is 0. The van der Waals surface area contributed by atoms with Crippen molar-refractivity contribution >= 4 is 23.6 Å². The van der Waals surface area contributed by atoms with Crippen LogP contribution in [0.1, 0.15) is 58.1 Å². The van der Waals surface area contributed by atoms with E-state index in [9.17, 15) is 19.2 Å². The lowest BCUT2D eigenvalue weighted by molar-refractivity contribution is -0.140. The fourth-order valence-corrected chi connectivity index (χ4v) is 4.23. The Labute approximate surface area is 231 Å². The van der Waals surface area contributed by atoms with Gasteiger partial charge in [-0.05, 0) is 35.8 Å². The standard InChI is InChI=1S/C30H42N4O5/c1-20(2)15-24(18-27(35)34-39-19-23-13-9-6-10-14-23)29(37)33-26(16-21(3)4)30(38)32-25(28(31)36)17-22-11-7-5-8-12-22/h5-14,20-21,24-26H,15-19H2,1-4H3,(H2,31,36)(H,32,38)(H,33,37)(H,34,35)/t24?,25-,26-/m0/s1. The molecule has 0 aromatic heterocycles. The van der Waals surface area contributed by atoms with Crippen LogP contribution < -0.4 is 21.8 Å². The molecule has 2 rings (SSSR count). The Morgan fingerprint density at radius 3 is 1.82 bits per heavy atom. The Balaban J connectivity index is 2.04. The quantitative estimate of drug-likeness (QED) is 0.243. The van der Waals surface area contributed by atoms with Crippen LogP contribution >= 0.6 is 0 Å². The van der Waals surface area contributed by atoms with Crippen molar-refractivity contribution in [1.82, 2.24) is 16.1 Å². The zero-order valence-electron chi connectivity index (χ0n) is 23.3. The highest BCUT2D eigenvalue weighted by molar-refractivity contribution is 5.93. The highest BCUT2D eigenvalue weighted by Crippen LogP contribution is 2.17. The maximum Gasteiger partial charge on any atom is 0.244 e. The summed E-state index contributed by atoms with van der Waals surface area (Å²) in [6.45, 7) is 8.00. The fraction of sp³-hybridized carbons (Fsp3) is 0.467. The van der Waals surface area contributed by atoms with E-state index in [1.54, 1.807) is 0 Å². The molecule has 39 heavy (non-hydrogen) atoms. The molecule has 4 amide bonds. The van der Waals surface area contributed by atoms with Crippen LogP contribution in [0.4, 0.5) is 0 Å². The van der Waals surface area contributed by atoms with Crippen LogP contribution in [0, 0.1) is 17.8 Å². The van der Waals surface area contributed by atoms with Gasteiger partial charge in [0.05, 0.1) is 6.61 Å². The Kier molecular flexibility index (Phi) is 13.2. The molecule has 0 aliphatic rings. The molecule has 0 radical (unpaired) electrons. The van der Waals surface area contributed by atoms with Crippen molar-refractivity contribution in [3.8, 4) is 0 Å². The Morgan fingerprint density at radius 1 is 0.744 bits per heavy atom. The summed E-state index contributed by atoms with van der Waals surface area (Å²) in [4.78, 5) is 56.5. The average Bonchev–Trinajstić information content (AvgIpc) is 2.88. The Morgan fingerprint density at radius 2 is 1.28 bits per heavy atom. The molecule has 0 saturated heterocycles. The number of rotatable bonds is 16. The molecule has 212 valence electrons. The smallest absolute Gasteiger partial charge is 0.244 e. The van der Waals surface area contributed by atoms with E-state index in [1.165, 1.54) is 0 Å². The Bertz CT molecular complexity index is 1060. The predicted molar refractivity (Wildman–Crippen MR) is 150 cm³/mol. The Hall–Kier alpha value is -3.72. The van der Waals surface area contributed by atoms with Gasteiger partial charge >= 0.3 is 0 Å². The molecular weight excluding hydrogens is 496 g/mol. The zero-order valence-corrected chi connectivity index (χ0v) is 23.3. The highest BCUT2D eigenvalue weighted by Gasteiger charge is 2.30. The second-order valence-corrected chi connectivity index (χ2v) is 10.7. The minimum absolute atomic E-state index is 0.0837. The number of benzene rings is 2. The van der Waals surface area contributed by atoms with Gasteiger partial charge in [-0.3, -0.25) is 24.0 Å². The molecule has 2 aromatic rings. The van der Waals surface area contributed by atoms with Crippen LogP contribution in [-0.4, -0.2) is 35.7 Å². The van der Waals surface area contributed by atoms with E-state index < -0.39 is 41.6 Å². The van der Waals surface area contributed by atoms with Crippen LogP contribution in [0.5, 0.6) is 0 Å². The van der Waals surface area contributed by atoms with Crippen molar-refractivity contribution < 1.29 is 24.0 Å². The van der Waals surface area contributed by atoms with Gasteiger partial charge in [0.1, 0.15) is 12.1 Å². The van der Waals surface area contributed by atoms with Crippen molar-refractivity contribution in [2.75, 3.05) is 0 Å². The first-order valence-corrected chi connectivity index (χ1v) is 13.4. The summed E-state index contributed by atoms with van der Waals surface area (Å²) in [5.74, 6) is -2.41. The predicted octanol–water partition coefficient (Wildman–Crippen LogP) is 3.03. The topological polar surface area (TPSA) is 140 Å². The molecule has 1 unspecified atom stereocenters. The molecule has 5 N–H and O–H groups in total. The maximum atomic E-state index is 13.3. The van der Waals surface area contributed by atoms with Gasteiger partial charge in [0.15, 0.2) is 0 Å². The van der Waals surface area contributed by atoms with E-state index in [0.29, 0.717) is 12.8 Å².